The molecule has 0 saturated heterocycles. The van der Waals surface area contributed by atoms with E-state index in [0.29, 0.717) is 12.3 Å². The molecule has 0 aliphatic carbocycles. The van der Waals surface area contributed by atoms with E-state index in [0.717, 1.165) is 14.7 Å². The lowest BCUT2D eigenvalue weighted by Gasteiger charge is -2.04. The number of benzene rings is 1. The van der Waals surface area contributed by atoms with Crippen LogP contribution in [0.2, 0.25) is 0 Å². The SMILES string of the molecule is Cc1cccc(C(=O)CCCl)c1I. The first-order chi connectivity index (χ1) is 6.16. The molecule has 0 atom stereocenters. The molecule has 0 heterocycles. The first-order valence-corrected chi connectivity index (χ1v) is 5.62. The normalized spacial score (nSPS) is 10.1. The average Bonchev–Trinajstić information content (AvgIpc) is 2.10. The topological polar surface area (TPSA) is 17.1 Å². The monoisotopic (exact) mass is 308 g/mol. The van der Waals surface area contributed by atoms with Crippen molar-refractivity contribution in [1.29, 1.82) is 0 Å². The number of carbonyl (C=O) groups excluding carboxylic acids is 1. The van der Waals surface area contributed by atoms with Gasteiger partial charge in [0.05, 0.1) is 0 Å². The molecular weight excluding hydrogens is 298 g/mol. The number of ketones is 1. The summed E-state index contributed by atoms with van der Waals surface area (Å²) in [6.45, 7) is 2.00. The zero-order valence-electron chi connectivity index (χ0n) is 7.31. The highest BCUT2D eigenvalue weighted by atomic mass is 127. The van der Waals surface area contributed by atoms with Gasteiger partial charge in [-0.05, 0) is 35.1 Å². The Bertz CT molecular complexity index is 323. The Morgan fingerprint density at radius 1 is 1.54 bits per heavy atom. The van der Waals surface area contributed by atoms with E-state index in [1.54, 1.807) is 0 Å². The van der Waals surface area contributed by atoms with Crippen molar-refractivity contribution in [1.82, 2.24) is 0 Å². The van der Waals surface area contributed by atoms with Gasteiger partial charge in [0, 0.05) is 21.4 Å². The number of hydrogen-bond acceptors (Lipinski definition) is 1. The smallest absolute Gasteiger partial charge is 0.165 e. The van der Waals surface area contributed by atoms with Crippen LogP contribution in [0.3, 0.4) is 0 Å². The molecule has 1 aromatic carbocycles. The Morgan fingerprint density at radius 2 is 2.23 bits per heavy atom. The van der Waals surface area contributed by atoms with E-state index in [-0.39, 0.29) is 5.78 Å². The summed E-state index contributed by atoms with van der Waals surface area (Å²) in [4.78, 5) is 11.5. The molecule has 0 bridgehead atoms. The molecular formula is C10H10ClIO. The van der Waals surface area contributed by atoms with Gasteiger partial charge in [-0.3, -0.25) is 4.79 Å². The summed E-state index contributed by atoms with van der Waals surface area (Å²) >= 11 is 7.71. The van der Waals surface area contributed by atoms with Crippen molar-refractivity contribution in [2.75, 3.05) is 5.88 Å². The second-order valence-corrected chi connectivity index (χ2v) is 4.26. The van der Waals surface area contributed by atoms with Crippen LogP contribution in [0.1, 0.15) is 22.3 Å². The van der Waals surface area contributed by atoms with Crippen LogP contribution in [0.5, 0.6) is 0 Å². The Morgan fingerprint density at radius 3 is 2.85 bits per heavy atom. The third-order valence-corrected chi connectivity index (χ3v) is 3.43. The number of hydrogen-bond donors (Lipinski definition) is 0. The van der Waals surface area contributed by atoms with Gasteiger partial charge in [-0.2, -0.15) is 0 Å². The largest absolute Gasteiger partial charge is 0.294 e. The molecule has 0 spiro atoms. The van der Waals surface area contributed by atoms with E-state index in [1.807, 2.05) is 25.1 Å². The van der Waals surface area contributed by atoms with Crippen molar-refractivity contribution in [2.24, 2.45) is 0 Å². The fraction of sp³-hybridized carbons (Fsp3) is 0.300. The van der Waals surface area contributed by atoms with Gasteiger partial charge in [-0.15, -0.1) is 11.6 Å². The van der Waals surface area contributed by atoms with Gasteiger partial charge < -0.3 is 0 Å². The summed E-state index contributed by atoms with van der Waals surface area (Å²) in [5, 5.41) is 0. The molecule has 3 heteroatoms. The van der Waals surface area contributed by atoms with Crippen LogP contribution in [0.25, 0.3) is 0 Å². The second kappa shape index (κ2) is 4.96. The van der Waals surface area contributed by atoms with E-state index in [9.17, 15) is 4.79 Å². The van der Waals surface area contributed by atoms with E-state index in [2.05, 4.69) is 22.6 Å². The van der Waals surface area contributed by atoms with Crippen LogP contribution in [0.15, 0.2) is 18.2 Å². The van der Waals surface area contributed by atoms with Gasteiger partial charge in [-0.1, -0.05) is 18.2 Å². The van der Waals surface area contributed by atoms with Crippen molar-refractivity contribution >= 4 is 40.0 Å². The van der Waals surface area contributed by atoms with Gasteiger partial charge in [0.2, 0.25) is 0 Å². The minimum atomic E-state index is 0.128. The molecule has 0 aliphatic rings. The van der Waals surface area contributed by atoms with Crippen molar-refractivity contribution in [2.45, 2.75) is 13.3 Å². The van der Waals surface area contributed by atoms with Gasteiger partial charge in [0.15, 0.2) is 5.78 Å². The van der Waals surface area contributed by atoms with Gasteiger partial charge in [0.25, 0.3) is 0 Å². The Balaban J connectivity index is 3.01. The number of rotatable bonds is 3. The molecule has 1 rings (SSSR count). The van der Waals surface area contributed by atoms with Crippen molar-refractivity contribution < 1.29 is 4.79 Å². The van der Waals surface area contributed by atoms with E-state index in [1.165, 1.54) is 0 Å². The molecule has 0 aliphatic heterocycles. The van der Waals surface area contributed by atoms with E-state index >= 15 is 0 Å². The fourth-order valence-corrected chi connectivity index (χ4v) is 1.92. The standard InChI is InChI=1S/C10H10ClIO/c1-7-3-2-4-8(10(7)12)9(13)5-6-11/h2-4H,5-6H2,1H3. The number of carbonyl (C=O) groups is 1. The van der Waals surface area contributed by atoms with Crippen LogP contribution in [-0.2, 0) is 0 Å². The molecule has 1 aromatic rings. The minimum Gasteiger partial charge on any atom is -0.294 e. The summed E-state index contributed by atoms with van der Waals surface area (Å²) in [6.07, 6.45) is 0.418. The lowest BCUT2D eigenvalue weighted by Crippen LogP contribution is -2.03. The summed E-state index contributed by atoms with van der Waals surface area (Å²) < 4.78 is 1.04. The van der Waals surface area contributed by atoms with Crippen LogP contribution in [-0.4, -0.2) is 11.7 Å². The third kappa shape index (κ3) is 2.68. The zero-order chi connectivity index (χ0) is 9.84. The lowest BCUT2D eigenvalue weighted by molar-refractivity contribution is 0.0988. The highest BCUT2D eigenvalue weighted by molar-refractivity contribution is 14.1. The first-order valence-electron chi connectivity index (χ1n) is 4.01. The molecule has 70 valence electrons. The predicted octanol–water partition coefficient (Wildman–Crippen LogP) is 3.41. The maximum atomic E-state index is 11.5. The highest BCUT2D eigenvalue weighted by Gasteiger charge is 2.09. The highest BCUT2D eigenvalue weighted by Crippen LogP contribution is 2.18. The molecule has 0 N–H and O–H groups in total. The second-order valence-electron chi connectivity index (χ2n) is 2.80. The summed E-state index contributed by atoms with van der Waals surface area (Å²) in [7, 11) is 0. The molecule has 0 fully saturated rings. The fourth-order valence-electron chi connectivity index (χ4n) is 1.08. The van der Waals surface area contributed by atoms with Crippen molar-refractivity contribution in [3.63, 3.8) is 0 Å². The third-order valence-electron chi connectivity index (χ3n) is 1.81. The quantitative estimate of drug-likeness (QED) is 0.475. The Labute approximate surface area is 96.6 Å². The van der Waals surface area contributed by atoms with Crippen LogP contribution in [0, 0.1) is 10.5 Å². The summed E-state index contributed by atoms with van der Waals surface area (Å²) in [6, 6.07) is 5.75. The lowest BCUT2D eigenvalue weighted by atomic mass is 10.1. The van der Waals surface area contributed by atoms with Crippen molar-refractivity contribution in [3.8, 4) is 0 Å². The number of halogens is 2. The molecule has 13 heavy (non-hydrogen) atoms. The van der Waals surface area contributed by atoms with Crippen LogP contribution in [0.4, 0.5) is 0 Å². The Kier molecular flexibility index (Phi) is 4.19. The maximum Gasteiger partial charge on any atom is 0.165 e. The van der Waals surface area contributed by atoms with Crippen LogP contribution < -0.4 is 0 Å². The summed E-state index contributed by atoms with van der Waals surface area (Å²) in [5.74, 6) is 0.520. The van der Waals surface area contributed by atoms with Gasteiger partial charge in [0.1, 0.15) is 0 Å². The maximum absolute atomic E-state index is 11.5. The van der Waals surface area contributed by atoms with E-state index in [4.69, 9.17) is 11.6 Å². The zero-order valence-corrected chi connectivity index (χ0v) is 10.2. The average molecular weight is 309 g/mol. The molecule has 0 saturated carbocycles. The van der Waals surface area contributed by atoms with E-state index < -0.39 is 0 Å². The number of Topliss-reactive ketones (excluding diaryl/α,β-unsaturated/α-hetero) is 1. The van der Waals surface area contributed by atoms with Crippen LogP contribution >= 0.6 is 34.2 Å². The molecule has 0 radical (unpaired) electrons. The molecule has 0 amide bonds. The molecule has 0 aromatic heterocycles. The Hall–Kier alpha value is -0.0900. The van der Waals surface area contributed by atoms with Crippen molar-refractivity contribution in [3.05, 3.63) is 32.9 Å². The number of aryl methyl sites for hydroxylation is 1. The minimum absolute atomic E-state index is 0.128. The van der Waals surface area contributed by atoms with Gasteiger partial charge in [-0.25, -0.2) is 0 Å². The summed E-state index contributed by atoms with van der Waals surface area (Å²) in [5.41, 5.74) is 1.93. The molecule has 1 nitrogen and oxygen atoms in total. The number of alkyl halides is 1. The predicted molar refractivity (Wildman–Crippen MR) is 63.6 cm³/mol. The molecule has 0 unspecified atom stereocenters. The first kappa shape index (κ1) is 11.0. The van der Waals surface area contributed by atoms with Gasteiger partial charge >= 0.3 is 0 Å².